The predicted octanol–water partition coefficient (Wildman–Crippen LogP) is 3.70. The highest BCUT2D eigenvalue weighted by Gasteiger charge is 2.20. The number of carbonyl (C=O) groups excluding carboxylic acids is 1. The molecule has 126 valence electrons. The van der Waals surface area contributed by atoms with Crippen LogP contribution < -0.4 is 10.5 Å². The van der Waals surface area contributed by atoms with Gasteiger partial charge in [0.15, 0.2) is 5.78 Å². The molecule has 1 aliphatic heterocycles. The third-order valence-corrected chi connectivity index (χ3v) is 4.57. The van der Waals surface area contributed by atoms with Crippen LogP contribution in [0.1, 0.15) is 33.9 Å². The van der Waals surface area contributed by atoms with Crippen LogP contribution in [0.25, 0.3) is 0 Å². The maximum absolute atomic E-state index is 12.6. The molecule has 0 radical (unpaired) electrons. The molecule has 1 aliphatic rings. The van der Waals surface area contributed by atoms with Crippen LogP contribution in [0.15, 0.2) is 42.5 Å². The fourth-order valence-corrected chi connectivity index (χ4v) is 2.82. The van der Waals surface area contributed by atoms with Crippen molar-refractivity contribution in [2.24, 2.45) is 5.73 Å². The minimum atomic E-state index is -0.738. The predicted molar refractivity (Wildman–Crippen MR) is 93.7 cm³/mol. The van der Waals surface area contributed by atoms with E-state index in [1.807, 2.05) is 19.1 Å². The molecule has 1 saturated heterocycles. The van der Waals surface area contributed by atoms with Gasteiger partial charge < -0.3 is 15.2 Å². The number of Topliss-reactive ketones (excluding diaryl/α,β-unsaturated/α-hetero) is 1. The second kappa shape index (κ2) is 7.34. The lowest BCUT2D eigenvalue weighted by atomic mass is 9.97. The van der Waals surface area contributed by atoms with Crippen molar-refractivity contribution in [3.05, 3.63) is 64.2 Å². The van der Waals surface area contributed by atoms with E-state index in [1.165, 1.54) is 0 Å². The Bertz CT molecular complexity index is 724. The van der Waals surface area contributed by atoms with Crippen LogP contribution in [0.4, 0.5) is 0 Å². The minimum absolute atomic E-state index is 0.0866. The van der Waals surface area contributed by atoms with Crippen molar-refractivity contribution in [2.75, 3.05) is 13.2 Å². The van der Waals surface area contributed by atoms with Crippen LogP contribution in [0, 0.1) is 6.92 Å². The van der Waals surface area contributed by atoms with Gasteiger partial charge in [0.1, 0.15) is 11.9 Å². The number of ketones is 1. The molecule has 2 N–H and O–H groups in total. The number of hydrogen-bond donors (Lipinski definition) is 1. The average Bonchev–Trinajstić information content (AvgIpc) is 3.10. The lowest BCUT2D eigenvalue weighted by molar-refractivity contribution is 0.0961. The molecule has 3 rings (SSSR count). The summed E-state index contributed by atoms with van der Waals surface area (Å²) in [5.41, 5.74) is 8.32. The molecule has 2 aromatic rings. The van der Waals surface area contributed by atoms with Gasteiger partial charge in [-0.25, -0.2) is 0 Å². The lowest BCUT2D eigenvalue weighted by Gasteiger charge is -2.14. The Balaban J connectivity index is 1.70. The normalized spacial score (nSPS) is 18.4. The summed E-state index contributed by atoms with van der Waals surface area (Å²) < 4.78 is 11.1. The van der Waals surface area contributed by atoms with Crippen molar-refractivity contribution in [3.8, 4) is 5.75 Å². The molecule has 0 aliphatic carbocycles. The number of carbonyl (C=O) groups is 1. The fourth-order valence-electron chi connectivity index (χ4n) is 2.63. The average molecular weight is 346 g/mol. The molecule has 1 heterocycles. The SMILES string of the molecule is Cc1ccc(C(N)C(=O)c2ccc(OC3CCOC3)cc2)cc1Cl. The van der Waals surface area contributed by atoms with Crippen LogP contribution in [-0.2, 0) is 4.74 Å². The number of ether oxygens (including phenoxy) is 2. The zero-order chi connectivity index (χ0) is 17.1. The molecule has 2 aromatic carbocycles. The smallest absolute Gasteiger partial charge is 0.184 e. The van der Waals surface area contributed by atoms with Gasteiger partial charge in [0.05, 0.1) is 19.3 Å². The van der Waals surface area contributed by atoms with Crippen molar-refractivity contribution in [1.29, 1.82) is 0 Å². The van der Waals surface area contributed by atoms with Gasteiger partial charge in [-0.3, -0.25) is 4.79 Å². The molecule has 0 saturated carbocycles. The van der Waals surface area contributed by atoms with Crippen molar-refractivity contribution >= 4 is 17.4 Å². The Labute approximate surface area is 146 Å². The topological polar surface area (TPSA) is 61.6 Å². The van der Waals surface area contributed by atoms with Crippen LogP contribution in [0.5, 0.6) is 5.75 Å². The standard InChI is InChI=1S/C19H20ClNO3/c1-12-2-3-14(10-17(12)20)18(21)19(22)13-4-6-15(7-5-13)24-16-8-9-23-11-16/h2-7,10,16,18H,8-9,11,21H2,1H3. The summed E-state index contributed by atoms with van der Waals surface area (Å²) in [5.74, 6) is 0.583. The van der Waals surface area contributed by atoms with E-state index >= 15 is 0 Å². The van der Waals surface area contributed by atoms with Crippen molar-refractivity contribution in [1.82, 2.24) is 0 Å². The third kappa shape index (κ3) is 3.78. The highest BCUT2D eigenvalue weighted by molar-refractivity contribution is 6.31. The zero-order valence-corrected chi connectivity index (χ0v) is 14.3. The molecule has 5 heteroatoms. The summed E-state index contributed by atoms with van der Waals surface area (Å²) in [6.45, 7) is 3.25. The number of nitrogens with two attached hydrogens (primary N) is 1. The Kier molecular flexibility index (Phi) is 5.19. The van der Waals surface area contributed by atoms with Crippen LogP contribution in [0.3, 0.4) is 0 Å². The van der Waals surface area contributed by atoms with E-state index in [2.05, 4.69) is 0 Å². The highest BCUT2D eigenvalue weighted by Crippen LogP contribution is 2.24. The van der Waals surface area contributed by atoms with E-state index in [4.69, 9.17) is 26.8 Å². The minimum Gasteiger partial charge on any atom is -0.488 e. The molecular formula is C19H20ClNO3. The van der Waals surface area contributed by atoms with E-state index < -0.39 is 6.04 Å². The van der Waals surface area contributed by atoms with E-state index in [9.17, 15) is 4.79 Å². The van der Waals surface area contributed by atoms with Gasteiger partial charge in [-0.05, 0) is 48.4 Å². The van der Waals surface area contributed by atoms with Gasteiger partial charge in [0.2, 0.25) is 0 Å². The van der Waals surface area contributed by atoms with Crippen LogP contribution in [-0.4, -0.2) is 25.1 Å². The van der Waals surface area contributed by atoms with Crippen LogP contribution in [0.2, 0.25) is 5.02 Å². The molecule has 0 amide bonds. The summed E-state index contributed by atoms with van der Waals surface area (Å²) in [5, 5.41) is 0.610. The van der Waals surface area contributed by atoms with E-state index in [-0.39, 0.29) is 11.9 Å². The molecule has 2 atom stereocenters. The first-order valence-corrected chi connectivity index (χ1v) is 8.32. The summed E-state index contributed by atoms with van der Waals surface area (Å²) in [4.78, 5) is 12.6. The first-order valence-electron chi connectivity index (χ1n) is 7.95. The van der Waals surface area contributed by atoms with Gasteiger partial charge in [0.25, 0.3) is 0 Å². The molecule has 0 aromatic heterocycles. The molecule has 1 fully saturated rings. The van der Waals surface area contributed by atoms with Gasteiger partial charge in [-0.1, -0.05) is 23.7 Å². The van der Waals surface area contributed by atoms with E-state index in [1.54, 1.807) is 30.3 Å². The van der Waals surface area contributed by atoms with E-state index in [0.717, 1.165) is 24.3 Å². The second-order valence-electron chi connectivity index (χ2n) is 5.98. The number of benzene rings is 2. The van der Waals surface area contributed by atoms with Crippen molar-refractivity contribution in [2.45, 2.75) is 25.5 Å². The number of hydrogen-bond acceptors (Lipinski definition) is 4. The Morgan fingerprint density at radius 3 is 2.67 bits per heavy atom. The number of aryl methyl sites for hydroxylation is 1. The largest absolute Gasteiger partial charge is 0.488 e. The summed E-state index contributed by atoms with van der Waals surface area (Å²) >= 11 is 6.12. The van der Waals surface area contributed by atoms with Gasteiger partial charge in [-0.2, -0.15) is 0 Å². The molecule has 2 unspecified atom stereocenters. The molecular weight excluding hydrogens is 326 g/mol. The van der Waals surface area contributed by atoms with Crippen molar-refractivity contribution < 1.29 is 14.3 Å². The van der Waals surface area contributed by atoms with Crippen LogP contribution >= 0.6 is 11.6 Å². The first-order chi connectivity index (χ1) is 11.5. The summed E-state index contributed by atoms with van der Waals surface area (Å²) in [7, 11) is 0. The first kappa shape index (κ1) is 17.0. The quantitative estimate of drug-likeness (QED) is 0.839. The highest BCUT2D eigenvalue weighted by atomic mass is 35.5. The van der Waals surface area contributed by atoms with E-state index in [0.29, 0.717) is 22.8 Å². The molecule has 0 spiro atoms. The maximum Gasteiger partial charge on any atom is 0.184 e. The fraction of sp³-hybridized carbons (Fsp3) is 0.316. The maximum atomic E-state index is 12.6. The zero-order valence-electron chi connectivity index (χ0n) is 13.5. The molecule has 4 nitrogen and oxygen atoms in total. The number of rotatable bonds is 5. The Morgan fingerprint density at radius 2 is 2.04 bits per heavy atom. The second-order valence-corrected chi connectivity index (χ2v) is 6.39. The van der Waals surface area contributed by atoms with Gasteiger partial charge in [0, 0.05) is 17.0 Å². The molecule has 0 bridgehead atoms. The lowest BCUT2D eigenvalue weighted by Crippen LogP contribution is -2.21. The number of halogens is 1. The van der Waals surface area contributed by atoms with Gasteiger partial charge >= 0.3 is 0 Å². The molecule has 24 heavy (non-hydrogen) atoms. The summed E-state index contributed by atoms with van der Waals surface area (Å²) in [6.07, 6.45) is 0.975. The van der Waals surface area contributed by atoms with Crippen molar-refractivity contribution in [3.63, 3.8) is 0 Å². The summed E-state index contributed by atoms with van der Waals surface area (Å²) in [6, 6.07) is 11.8. The Morgan fingerprint density at radius 1 is 1.29 bits per heavy atom. The third-order valence-electron chi connectivity index (χ3n) is 4.17. The van der Waals surface area contributed by atoms with Gasteiger partial charge in [-0.15, -0.1) is 0 Å². The Hall–Kier alpha value is -1.88. The monoisotopic (exact) mass is 345 g/mol.